The highest BCUT2D eigenvalue weighted by molar-refractivity contribution is 7.16. The van der Waals surface area contributed by atoms with E-state index in [9.17, 15) is 4.79 Å². The minimum Gasteiger partial charge on any atom is -0.492 e. The molecule has 1 saturated heterocycles. The van der Waals surface area contributed by atoms with Gasteiger partial charge in [-0.2, -0.15) is 0 Å². The third-order valence-electron chi connectivity index (χ3n) is 4.65. The second-order valence-electron chi connectivity index (χ2n) is 6.21. The van der Waals surface area contributed by atoms with Crippen molar-refractivity contribution >= 4 is 33.1 Å². The van der Waals surface area contributed by atoms with E-state index >= 15 is 0 Å². The van der Waals surface area contributed by atoms with Crippen LogP contribution in [-0.4, -0.2) is 48.6 Å². The van der Waals surface area contributed by atoms with Crippen LogP contribution in [-0.2, 0) is 0 Å². The smallest absolute Gasteiger partial charge is 0.254 e. The summed E-state index contributed by atoms with van der Waals surface area (Å²) < 4.78 is 6.80. The number of anilines is 1. The van der Waals surface area contributed by atoms with Crippen LogP contribution >= 0.6 is 11.3 Å². The maximum atomic E-state index is 12.8. The third-order valence-corrected chi connectivity index (χ3v) is 5.44. The van der Waals surface area contributed by atoms with Gasteiger partial charge in [-0.05, 0) is 37.3 Å². The highest BCUT2D eigenvalue weighted by atomic mass is 32.1. The molecule has 0 atom stereocenters. The summed E-state index contributed by atoms with van der Waals surface area (Å²) in [6.07, 6.45) is 0. The Morgan fingerprint density at radius 1 is 1.15 bits per heavy atom. The molecular formula is C20H21N3O2S. The van der Waals surface area contributed by atoms with E-state index in [0.717, 1.165) is 40.3 Å². The fourth-order valence-electron chi connectivity index (χ4n) is 3.32. The number of thiazole rings is 1. The van der Waals surface area contributed by atoms with Gasteiger partial charge in [0.1, 0.15) is 5.75 Å². The fourth-order valence-corrected chi connectivity index (χ4v) is 4.03. The zero-order valence-corrected chi connectivity index (χ0v) is 15.5. The lowest BCUT2D eigenvalue weighted by molar-refractivity contribution is 0.0747. The number of nitrogens with zero attached hydrogens (tertiary/aromatic N) is 3. The van der Waals surface area contributed by atoms with E-state index in [0.29, 0.717) is 19.7 Å². The molecular weight excluding hydrogens is 346 g/mol. The Balaban J connectivity index is 1.45. The number of hydrogen-bond donors (Lipinski definition) is 0. The molecule has 0 unspecified atom stereocenters. The maximum absolute atomic E-state index is 12.8. The van der Waals surface area contributed by atoms with Crippen molar-refractivity contribution in [1.29, 1.82) is 0 Å². The molecule has 3 aromatic rings. The van der Waals surface area contributed by atoms with E-state index in [4.69, 9.17) is 4.74 Å². The molecule has 134 valence electrons. The molecule has 1 fully saturated rings. The average molecular weight is 367 g/mol. The number of ether oxygens (including phenoxy) is 1. The van der Waals surface area contributed by atoms with Crippen LogP contribution in [0.2, 0.25) is 0 Å². The van der Waals surface area contributed by atoms with Gasteiger partial charge in [0.25, 0.3) is 5.91 Å². The van der Waals surface area contributed by atoms with Gasteiger partial charge in [0.15, 0.2) is 0 Å². The van der Waals surface area contributed by atoms with E-state index in [2.05, 4.69) is 16.0 Å². The number of piperazine rings is 1. The second kappa shape index (κ2) is 7.33. The second-order valence-corrected chi connectivity index (χ2v) is 7.10. The Morgan fingerprint density at radius 3 is 2.77 bits per heavy atom. The van der Waals surface area contributed by atoms with Gasteiger partial charge in [0, 0.05) is 31.7 Å². The molecule has 0 spiro atoms. The number of para-hydroxylation sites is 2. The van der Waals surface area contributed by atoms with Crippen LogP contribution in [0.5, 0.6) is 5.75 Å². The summed E-state index contributed by atoms with van der Waals surface area (Å²) in [6.45, 7) is 5.67. The number of rotatable bonds is 4. The lowest BCUT2D eigenvalue weighted by Gasteiger charge is -2.36. The highest BCUT2D eigenvalue weighted by Gasteiger charge is 2.24. The van der Waals surface area contributed by atoms with Gasteiger partial charge in [-0.15, -0.1) is 11.3 Å². The topological polar surface area (TPSA) is 45.7 Å². The zero-order chi connectivity index (χ0) is 17.9. The minimum absolute atomic E-state index is 0.0954. The molecule has 0 saturated carbocycles. The summed E-state index contributed by atoms with van der Waals surface area (Å²) in [5.41, 5.74) is 4.61. The Labute approximate surface area is 156 Å². The molecule has 1 aliphatic heterocycles. The van der Waals surface area contributed by atoms with E-state index in [1.54, 1.807) is 11.3 Å². The van der Waals surface area contributed by atoms with Crippen molar-refractivity contribution in [1.82, 2.24) is 9.88 Å². The number of aromatic nitrogens is 1. The monoisotopic (exact) mass is 367 g/mol. The largest absolute Gasteiger partial charge is 0.492 e. The first-order chi connectivity index (χ1) is 12.8. The van der Waals surface area contributed by atoms with Crippen molar-refractivity contribution in [3.8, 4) is 5.75 Å². The van der Waals surface area contributed by atoms with Crippen LogP contribution in [0.4, 0.5) is 5.69 Å². The molecule has 0 aliphatic carbocycles. The fraction of sp³-hybridized carbons (Fsp3) is 0.300. The van der Waals surface area contributed by atoms with Gasteiger partial charge in [-0.1, -0.05) is 12.1 Å². The van der Waals surface area contributed by atoms with E-state index in [1.807, 2.05) is 53.7 Å². The molecule has 1 aliphatic rings. The van der Waals surface area contributed by atoms with Gasteiger partial charge < -0.3 is 14.5 Å². The molecule has 5 nitrogen and oxygen atoms in total. The molecule has 0 bridgehead atoms. The number of amides is 1. The van der Waals surface area contributed by atoms with Crippen molar-refractivity contribution in [3.05, 3.63) is 53.5 Å². The number of hydrogen-bond acceptors (Lipinski definition) is 5. The van der Waals surface area contributed by atoms with Gasteiger partial charge in [-0.25, -0.2) is 4.98 Å². The summed E-state index contributed by atoms with van der Waals surface area (Å²) >= 11 is 1.57. The summed E-state index contributed by atoms with van der Waals surface area (Å²) in [4.78, 5) is 21.3. The summed E-state index contributed by atoms with van der Waals surface area (Å²) in [5, 5.41) is 0. The van der Waals surface area contributed by atoms with Gasteiger partial charge >= 0.3 is 0 Å². The predicted octanol–water partition coefficient (Wildman–Crippen LogP) is 3.66. The first-order valence-corrected chi connectivity index (χ1v) is 9.73. The van der Waals surface area contributed by atoms with Gasteiger partial charge in [0.05, 0.1) is 28.0 Å². The van der Waals surface area contributed by atoms with Crippen LogP contribution in [0.1, 0.15) is 17.3 Å². The Kier molecular flexibility index (Phi) is 4.75. The van der Waals surface area contributed by atoms with Gasteiger partial charge in [-0.3, -0.25) is 4.79 Å². The first kappa shape index (κ1) is 16.8. The van der Waals surface area contributed by atoms with E-state index in [-0.39, 0.29) is 5.91 Å². The van der Waals surface area contributed by atoms with Crippen LogP contribution in [0, 0.1) is 0 Å². The Hall–Kier alpha value is -2.60. The van der Waals surface area contributed by atoms with Crippen molar-refractivity contribution in [2.75, 3.05) is 37.7 Å². The summed E-state index contributed by atoms with van der Waals surface area (Å²) in [6, 6.07) is 13.9. The standard InChI is InChI=1S/C20H21N3O2S/c1-2-25-18-6-4-3-5-17(18)22-9-11-23(12-10-22)20(24)15-7-8-16-19(13-15)26-14-21-16/h3-8,13-14H,2,9-12H2,1H3. The Morgan fingerprint density at radius 2 is 1.96 bits per heavy atom. The van der Waals surface area contributed by atoms with E-state index in [1.165, 1.54) is 0 Å². The maximum Gasteiger partial charge on any atom is 0.254 e. The summed E-state index contributed by atoms with van der Waals surface area (Å²) in [7, 11) is 0. The number of carbonyl (C=O) groups excluding carboxylic acids is 1. The minimum atomic E-state index is 0.0954. The molecule has 0 N–H and O–H groups in total. The van der Waals surface area contributed by atoms with Gasteiger partial charge in [0.2, 0.25) is 0 Å². The van der Waals surface area contributed by atoms with E-state index < -0.39 is 0 Å². The molecule has 0 radical (unpaired) electrons. The van der Waals surface area contributed by atoms with Crippen molar-refractivity contribution in [2.24, 2.45) is 0 Å². The molecule has 6 heteroatoms. The average Bonchev–Trinajstić information content (AvgIpc) is 3.16. The zero-order valence-electron chi connectivity index (χ0n) is 14.7. The van der Waals surface area contributed by atoms with Crippen LogP contribution in [0.25, 0.3) is 10.2 Å². The van der Waals surface area contributed by atoms with Crippen LogP contribution in [0.15, 0.2) is 48.0 Å². The highest BCUT2D eigenvalue weighted by Crippen LogP contribution is 2.29. The van der Waals surface area contributed by atoms with Crippen molar-refractivity contribution in [2.45, 2.75) is 6.92 Å². The quantitative estimate of drug-likeness (QED) is 0.706. The normalized spacial score (nSPS) is 14.7. The molecule has 2 heterocycles. The van der Waals surface area contributed by atoms with Crippen molar-refractivity contribution < 1.29 is 9.53 Å². The Bertz CT molecular complexity index is 916. The molecule has 2 aromatic carbocycles. The molecule has 4 rings (SSSR count). The van der Waals surface area contributed by atoms with Crippen LogP contribution in [0.3, 0.4) is 0 Å². The number of carbonyl (C=O) groups is 1. The lowest BCUT2D eigenvalue weighted by atomic mass is 10.1. The SMILES string of the molecule is CCOc1ccccc1N1CCN(C(=O)c2ccc3ncsc3c2)CC1. The molecule has 1 amide bonds. The first-order valence-electron chi connectivity index (χ1n) is 8.85. The predicted molar refractivity (Wildman–Crippen MR) is 105 cm³/mol. The molecule has 26 heavy (non-hydrogen) atoms. The molecule has 1 aromatic heterocycles. The van der Waals surface area contributed by atoms with Crippen LogP contribution < -0.4 is 9.64 Å². The number of benzene rings is 2. The summed E-state index contributed by atoms with van der Waals surface area (Å²) in [5.74, 6) is 1.00. The van der Waals surface area contributed by atoms with Crippen molar-refractivity contribution in [3.63, 3.8) is 0 Å². The third kappa shape index (κ3) is 3.24. The lowest BCUT2D eigenvalue weighted by Crippen LogP contribution is -2.48. The number of fused-ring (bicyclic) bond motifs is 1.